The lowest BCUT2D eigenvalue weighted by atomic mass is 10.1. The molecule has 2 N–H and O–H groups in total. The molecule has 0 aliphatic carbocycles. The first-order valence-corrected chi connectivity index (χ1v) is 9.74. The Balaban J connectivity index is 2.20. The van der Waals surface area contributed by atoms with Gasteiger partial charge in [-0.05, 0) is 62.6 Å². The van der Waals surface area contributed by atoms with Gasteiger partial charge in [0.25, 0.3) is 5.91 Å². The van der Waals surface area contributed by atoms with Crippen molar-refractivity contribution in [1.29, 1.82) is 0 Å². The van der Waals surface area contributed by atoms with Crippen LogP contribution in [-0.2, 0) is 9.59 Å². The smallest absolute Gasteiger partial charge is 0.325 e. The number of carbonyl (C=O) groups is 3. The number of carbonyl (C=O) groups excluding carboxylic acids is 2. The van der Waals surface area contributed by atoms with Crippen LogP contribution in [0.4, 0.5) is 5.69 Å². The Morgan fingerprint density at radius 3 is 2.21 bits per heavy atom. The average molecular weight is 417 g/mol. The maximum absolute atomic E-state index is 13.2. The van der Waals surface area contributed by atoms with Gasteiger partial charge in [0.15, 0.2) is 0 Å². The van der Waals surface area contributed by atoms with Gasteiger partial charge in [0.05, 0.1) is 0 Å². The van der Waals surface area contributed by atoms with Gasteiger partial charge in [0, 0.05) is 29.2 Å². The highest BCUT2D eigenvalue weighted by Crippen LogP contribution is 2.27. The van der Waals surface area contributed by atoms with E-state index in [0.29, 0.717) is 23.6 Å². The first-order chi connectivity index (χ1) is 13.7. The fraction of sp³-hybridized carbons (Fsp3) is 0.318. The molecule has 0 spiro atoms. The fourth-order valence-corrected chi connectivity index (χ4v) is 3.19. The lowest BCUT2D eigenvalue weighted by Gasteiger charge is -2.26. The number of carboxylic acids is 1. The summed E-state index contributed by atoms with van der Waals surface area (Å²) in [4.78, 5) is 37.7. The highest BCUT2D eigenvalue weighted by Gasteiger charge is 2.21. The molecule has 0 unspecified atom stereocenters. The second-order valence-corrected chi connectivity index (χ2v) is 7.37. The van der Waals surface area contributed by atoms with Crippen LogP contribution in [-0.4, -0.2) is 35.5 Å². The van der Waals surface area contributed by atoms with Crippen LogP contribution >= 0.6 is 11.6 Å². The molecule has 29 heavy (non-hydrogen) atoms. The molecule has 2 amide bonds. The normalized spacial score (nSPS) is 11.6. The maximum Gasteiger partial charge on any atom is 0.325 e. The third-order valence-corrected chi connectivity index (χ3v) is 4.83. The number of para-hydroxylation sites is 1. The number of aliphatic carboxylic acids is 1. The van der Waals surface area contributed by atoms with E-state index in [1.54, 1.807) is 29.2 Å². The van der Waals surface area contributed by atoms with Crippen LogP contribution in [0.2, 0.25) is 5.02 Å². The van der Waals surface area contributed by atoms with Crippen molar-refractivity contribution < 1.29 is 19.5 Å². The molecule has 154 valence electrons. The number of benzene rings is 2. The summed E-state index contributed by atoms with van der Waals surface area (Å²) in [5.74, 6) is -1.63. The van der Waals surface area contributed by atoms with Crippen LogP contribution in [0.15, 0.2) is 42.5 Å². The van der Waals surface area contributed by atoms with Crippen LogP contribution < -0.4 is 10.2 Å². The van der Waals surface area contributed by atoms with Gasteiger partial charge in [0.1, 0.15) is 6.04 Å². The first kappa shape index (κ1) is 22.4. The molecule has 0 fully saturated rings. The van der Waals surface area contributed by atoms with Crippen molar-refractivity contribution in [2.75, 3.05) is 11.4 Å². The topological polar surface area (TPSA) is 86.7 Å². The molecule has 0 saturated carbocycles. The Kier molecular flexibility index (Phi) is 7.79. The molecule has 0 aliphatic rings. The monoisotopic (exact) mass is 416 g/mol. The molecule has 0 aromatic heterocycles. The van der Waals surface area contributed by atoms with E-state index >= 15 is 0 Å². The summed E-state index contributed by atoms with van der Waals surface area (Å²) in [6, 6.07) is 11.5. The largest absolute Gasteiger partial charge is 0.480 e. The predicted molar refractivity (Wildman–Crippen MR) is 114 cm³/mol. The number of aryl methyl sites for hydroxylation is 2. The van der Waals surface area contributed by atoms with E-state index in [1.807, 2.05) is 32.0 Å². The zero-order chi connectivity index (χ0) is 21.6. The van der Waals surface area contributed by atoms with E-state index in [-0.39, 0.29) is 18.2 Å². The quantitative estimate of drug-likeness (QED) is 0.681. The number of anilines is 1. The molecular formula is C22H25ClN2O4. The van der Waals surface area contributed by atoms with E-state index < -0.39 is 12.0 Å². The number of hydrogen-bond acceptors (Lipinski definition) is 3. The Bertz CT molecular complexity index is 876. The third kappa shape index (κ3) is 6.06. The third-order valence-electron chi connectivity index (χ3n) is 4.58. The molecule has 0 radical (unpaired) electrons. The summed E-state index contributed by atoms with van der Waals surface area (Å²) in [5.41, 5.74) is 3.22. The SMILES string of the molecule is Cc1cccc(C)c1N(CCCC(=O)N[C@@H](C)C(=O)O)C(=O)c1ccc(Cl)cc1. The highest BCUT2D eigenvalue weighted by atomic mass is 35.5. The summed E-state index contributed by atoms with van der Waals surface area (Å²) in [7, 11) is 0. The second kappa shape index (κ2) is 10.1. The van der Waals surface area contributed by atoms with Crippen LogP contribution in [0.5, 0.6) is 0 Å². The molecule has 2 aromatic carbocycles. The fourth-order valence-electron chi connectivity index (χ4n) is 3.07. The minimum Gasteiger partial charge on any atom is -0.480 e. The van der Waals surface area contributed by atoms with Crippen molar-refractivity contribution in [3.05, 3.63) is 64.2 Å². The summed E-state index contributed by atoms with van der Waals surface area (Å²) in [6.07, 6.45) is 0.512. The van der Waals surface area contributed by atoms with Crippen LogP contribution in [0.1, 0.15) is 41.3 Å². The predicted octanol–water partition coefficient (Wildman–Crippen LogP) is 3.97. The number of nitrogens with one attached hydrogen (secondary N) is 1. The van der Waals surface area contributed by atoms with Gasteiger partial charge in [-0.25, -0.2) is 0 Å². The van der Waals surface area contributed by atoms with Crippen LogP contribution in [0.3, 0.4) is 0 Å². The van der Waals surface area contributed by atoms with E-state index in [2.05, 4.69) is 5.32 Å². The number of amides is 2. The molecule has 7 heteroatoms. The van der Waals surface area contributed by atoms with Gasteiger partial charge < -0.3 is 15.3 Å². The Labute approximate surface area is 175 Å². The Morgan fingerprint density at radius 2 is 1.66 bits per heavy atom. The van der Waals surface area contributed by atoms with E-state index in [9.17, 15) is 14.4 Å². The lowest BCUT2D eigenvalue weighted by Crippen LogP contribution is -2.39. The summed E-state index contributed by atoms with van der Waals surface area (Å²) in [5, 5.41) is 11.9. The molecule has 1 atom stereocenters. The average Bonchev–Trinajstić information content (AvgIpc) is 2.66. The summed E-state index contributed by atoms with van der Waals surface area (Å²) < 4.78 is 0. The molecule has 0 heterocycles. The minimum absolute atomic E-state index is 0.118. The molecule has 0 bridgehead atoms. The number of nitrogens with zero attached hydrogens (tertiary/aromatic N) is 1. The minimum atomic E-state index is -1.09. The van der Waals surface area contributed by atoms with E-state index in [1.165, 1.54) is 6.92 Å². The zero-order valence-corrected chi connectivity index (χ0v) is 17.5. The van der Waals surface area contributed by atoms with Gasteiger partial charge in [-0.3, -0.25) is 14.4 Å². The standard InChI is InChI=1S/C22H25ClN2O4/c1-14-6-4-7-15(2)20(14)25(21(27)17-9-11-18(23)12-10-17)13-5-8-19(26)24-16(3)22(28)29/h4,6-7,9-12,16H,5,8,13H2,1-3H3,(H,24,26)(H,28,29)/t16-/m0/s1. The molecule has 0 aliphatic heterocycles. The van der Waals surface area contributed by atoms with Crippen molar-refractivity contribution in [3.63, 3.8) is 0 Å². The number of hydrogen-bond donors (Lipinski definition) is 2. The molecule has 0 saturated heterocycles. The second-order valence-electron chi connectivity index (χ2n) is 6.94. The van der Waals surface area contributed by atoms with E-state index in [4.69, 9.17) is 16.7 Å². The van der Waals surface area contributed by atoms with Crippen molar-refractivity contribution >= 4 is 35.1 Å². The van der Waals surface area contributed by atoms with Gasteiger partial charge in [-0.15, -0.1) is 0 Å². The lowest BCUT2D eigenvalue weighted by molar-refractivity contribution is -0.141. The summed E-state index contributed by atoms with van der Waals surface area (Å²) in [6.45, 7) is 5.60. The van der Waals surface area contributed by atoms with Crippen molar-refractivity contribution in [2.24, 2.45) is 0 Å². The van der Waals surface area contributed by atoms with Gasteiger partial charge in [-0.1, -0.05) is 29.8 Å². The van der Waals surface area contributed by atoms with Gasteiger partial charge >= 0.3 is 5.97 Å². The van der Waals surface area contributed by atoms with Gasteiger partial charge in [0.2, 0.25) is 5.91 Å². The van der Waals surface area contributed by atoms with Crippen molar-refractivity contribution in [2.45, 2.75) is 39.7 Å². The zero-order valence-electron chi connectivity index (χ0n) is 16.7. The van der Waals surface area contributed by atoms with Crippen LogP contribution in [0.25, 0.3) is 0 Å². The highest BCUT2D eigenvalue weighted by molar-refractivity contribution is 6.30. The Hall–Kier alpha value is -2.86. The molecule has 6 nitrogen and oxygen atoms in total. The van der Waals surface area contributed by atoms with Gasteiger partial charge in [-0.2, -0.15) is 0 Å². The first-order valence-electron chi connectivity index (χ1n) is 9.36. The number of rotatable bonds is 8. The van der Waals surface area contributed by atoms with Crippen LogP contribution in [0, 0.1) is 13.8 Å². The molecule has 2 rings (SSSR count). The van der Waals surface area contributed by atoms with E-state index in [0.717, 1.165) is 16.8 Å². The summed E-state index contributed by atoms with van der Waals surface area (Å²) >= 11 is 5.93. The molecule has 2 aromatic rings. The number of halogens is 1. The van der Waals surface area contributed by atoms with Crippen molar-refractivity contribution in [3.8, 4) is 0 Å². The molecular weight excluding hydrogens is 392 g/mol. The van der Waals surface area contributed by atoms with Crippen molar-refractivity contribution in [1.82, 2.24) is 5.32 Å². The number of carboxylic acid groups (broad SMARTS) is 1. The maximum atomic E-state index is 13.2. The Morgan fingerprint density at radius 1 is 1.07 bits per heavy atom.